The Kier molecular flexibility index (Phi) is 3.98. The highest BCUT2D eigenvalue weighted by Crippen LogP contribution is 2.36. The fraction of sp³-hybridized carbons (Fsp3) is 0.533. The van der Waals surface area contributed by atoms with E-state index < -0.39 is 6.10 Å². The molecule has 1 saturated heterocycles. The van der Waals surface area contributed by atoms with Gasteiger partial charge in [0.15, 0.2) is 6.10 Å². The number of carbonyl (C=O) groups excluding carboxylic acids is 1. The van der Waals surface area contributed by atoms with Crippen LogP contribution in [0.3, 0.4) is 0 Å². The van der Waals surface area contributed by atoms with Crippen LogP contribution < -0.4 is 9.64 Å². The maximum atomic E-state index is 12.3. The van der Waals surface area contributed by atoms with E-state index in [9.17, 15) is 9.90 Å². The van der Waals surface area contributed by atoms with Gasteiger partial charge < -0.3 is 19.5 Å². The second kappa shape index (κ2) is 5.91. The molecule has 21 heavy (non-hydrogen) atoms. The second-order valence-corrected chi connectivity index (χ2v) is 5.36. The van der Waals surface area contributed by atoms with Crippen LogP contribution in [0.2, 0.25) is 0 Å². The van der Waals surface area contributed by atoms with Gasteiger partial charge in [0, 0.05) is 32.2 Å². The Bertz CT molecular complexity index is 528. The monoisotopic (exact) mass is 292 g/mol. The number of ether oxygens (including phenoxy) is 2. The first-order valence-electron chi connectivity index (χ1n) is 7.26. The normalized spacial score (nSPS) is 22.8. The maximum absolute atomic E-state index is 12.3. The van der Waals surface area contributed by atoms with Crippen molar-refractivity contribution >= 4 is 11.6 Å². The van der Waals surface area contributed by atoms with E-state index in [1.165, 1.54) is 0 Å². The predicted octanol–water partition coefficient (Wildman–Crippen LogP) is 0.838. The highest BCUT2D eigenvalue weighted by atomic mass is 16.5. The fourth-order valence-corrected chi connectivity index (χ4v) is 2.70. The van der Waals surface area contributed by atoms with Crippen molar-refractivity contribution in [2.45, 2.75) is 13.0 Å². The molecule has 6 heteroatoms. The van der Waals surface area contributed by atoms with Gasteiger partial charge in [0.2, 0.25) is 0 Å². The van der Waals surface area contributed by atoms with E-state index in [-0.39, 0.29) is 11.7 Å². The van der Waals surface area contributed by atoms with Crippen LogP contribution in [-0.4, -0.2) is 61.4 Å². The van der Waals surface area contributed by atoms with Crippen LogP contribution in [0.5, 0.6) is 11.5 Å². The molecule has 2 aliphatic heterocycles. The number of morpholine rings is 1. The Morgan fingerprint density at radius 3 is 2.81 bits per heavy atom. The van der Waals surface area contributed by atoms with Crippen molar-refractivity contribution in [1.29, 1.82) is 0 Å². The first-order chi connectivity index (χ1) is 10.1. The van der Waals surface area contributed by atoms with E-state index >= 15 is 0 Å². The van der Waals surface area contributed by atoms with Crippen LogP contribution in [0.15, 0.2) is 18.2 Å². The van der Waals surface area contributed by atoms with Crippen molar-refractivity contribution in [3.05, 3.63) is 18.2 Å². The third kappa shape index (κ3) is 2.96. The molecule has 6 nitrogen and oxygen atoms in total. The zero-order valence-electron chi connectivity index (χ0n) is 12.1. The van der Waals surface area contributed by atoms with E-state index in [0.29, 0.717) is 12.3 Å². The van der Waals surface area contributed by atoms with Crippen molar-refractivity contribution < 1.29 is 19.4 Å². The number of nitrogens with zero attached hydrogens (tertiary/aromatic N) is 2. The first kappa shape index (κ1) is 14.2. The van der Waals surface area contributed by atoms with Crippen LogP contribution in [0.25, 0.3) is 0 Å². The number of fused-ring (bicyclic) bond motifs is 1. The summed E-state index contributed by atoms with van der Waals surface area (Å²) in [5.41, 5.74) is 0.726. The predicted molar refractivity (Wildman–Crippen MR) is 77.8 cm³/mol. The van der Waals surface area contributed by atoms with Gasteiger partial charge in [-0.1, -0.05) is 0 Å². The minimum Gasteiger partial charge on any atom is -0.508 e. The number of carbonyl (C=O) groups is 1. The van der Waals surface area contributed by atoms with Gasteiger partial charge in [0.05, 0.1) is 18.9 Å². The summed E-state index contributed by atoms with van der Waals surface area (Å²) in [6.45, 7) is 6.45. The molecule has 0 aromatic heterocycles. The average Bonchev–Trinajstić information content (AvgIpc) is 2.49. The number of phenolic OH excluding ortho intramolecular Hbond substituents is 1. The van der Waals surface area contributed by atoms with Gasteiger partial charge in [-0.15, -0.1) is 0 Å². The van der Waals surface area contributed by atoms with Crippen LogP contribution in [0.4, 0.5) is 5.69 Å². The number of phenols is 1. The lowest BCUT2D eigenvalue weighted by Crippen LogP contribution is -2.48. The molecule has 114 valence electrons. The summed E-state index contributed by atoms with van der Waals surface area (Å²) in [6, 6.07) is 4.86. The molecule has 0 aliphatic carbocycles. The first-order valence-corrected chi connectivity index (χ1v) is 7.26. The number of amides is 1. The van der Waals surface area contributed by atoms with Crippen LogP contribution in [0, 0.1) is 0 Å². The highest BCUT2D eigenvalue weighted by molar-refractivity contribution is 5.99. The summed E-state index contributed by atoms with van der Waals surface area (Å²) in [5, 5.41) is 9.55. The van der Waals surface area contributed by atoms with Gasteiger partial charge in [0.1, 0.15) is 11.5 Å². The number of benzene rings is 1. The maximum Gasteiger partial charge on any atom is 0.267 e. The zero-order valence-corrected chi connectivity index (χ0v) is 12.1. The fourth-order valence-electron chi connectivity index (χ4n) is 2.70. The summed E-state index contributed by atoms with van der Waals surface area (Å²) in [4.78, 5) is 16.4. The molecule has 0 radical (unpaired) electrons. The number of anilines is 1. The molecule has 1 unspecified atom stereocenters. The molecule has 1 N–H and O–H groups in total. The lowest BCUT2D eigenvalue weighted by molar-refractivity contribution is -0.125. The van der Waals surface area contributed by atoms with Crippen molar-refractivity contribution in [2.24, 2.45) is 0 Å². The molecular weight excluding hydrogens is 272 g/mol. The molecule has 2 aliphatic rings. The molecule has 1 fully saturated rings. The van der Waals surface area contributed by atoms with Crippen molar-refractivity contribution in [3.63, 3.8) is 0 Å². The van der Waals surface area contributed by atoms with E-state index in [2.05, 4.69) is 4.90 Å². The van der Waals surface area contributed by atoms with Gasteiger partial charge in [-0.05, 0) is 19.1 Å². The van der Waals surface area contributed by atoms with Crippen LogP contribution >= 0.6 is 0 Å². The summed E-state index contributed by atoms with van der Waals surface area (Å²) in [7, 11) is 0. The molecule has 2 heterocycles. The van der Waals surface area contributed by atoms with Gasteiger partial charge in [-0.2, -0.15) is 0 Å². The molecule has 0 bridgehead atoms. The number of rotatable bonds is 3. The minimum absolute atomic E-state index is 0.0403. The van der Waals surface area contributed by atoms with Gasteiger partial charge in [0.25, 0.3) is 5.91 Å². The van der Waals surface area contributed by atoms with E-state index in [0.717, 1.165) is 38.5 Å². The van der Waals surface area contributed by atoms with Crippen molar-refractivity contribution in [1.82, 2.24) is 4.90 Å². The molecule has 0 spiro atoms. The lowest BCUT2D eigenvalue weighted by Gasteiger charge is -2.35. The molecule has 1 atom stereocenters. The van der Waals surface area contributed by atoms with Crippen LogP contribution in [0.1, 0.15) is 6.92 Å². The molecule has 0 saturated carbocycles. The summed E-state index contributed by atoms with van der Waals surface area (Å²) in [5.74, 6) is 0.661. The van der Waals surface area contributed by atoms with Gasteiger partial charge in [-0.3, -0.25) is 9.69 Å². The Morgan fingerprint density at radius 2 is 2.05 bits per heavy atom. The van der Waals surface area contributed by atoms with E-state index in [4.69, 9.17) is 9.47 Å². The summed E-state index contributed by atoms with van der Waals surface area (Å²) < 4.78 is 10.9. The van der Waals surface area contributed by atoms with Crippen molar-refractivity contribution in [2.75, 3.05) is 44.3 Å². The van der Waals surface area contributed by atoms with Crippen molar-refractivity contribution in [3.8, 4) is 11.5 Å². The van der Waals surface area contributed by atoms with Gasteiger partial charge >= 0.3 is 0 Å². The second-order valence-electron chi connectivity index (χ2n) is 5.36. The average molecular weight is 292 g/mol. The molecule has 1 amide bonds. The minimum atomic E-state index is -0.524. The highest BCUT2D eigenvalue weighted by Gasteiger charge is 2.31. The van der Waals surface area contributed by atoms with E-state index in [1.807, 2.05) is 0 Å². The molecular formula is C15H20N2O4. The molecule has 1 aromatic rings. The Balaban J connectivity index is 1.75. The SMILES string of the molecule is CC1Oc2cc(O)ccc2N(CCN2CCOCC2)C1=O. The lowest BCUT2D eigenvalue weighted by atomic mass is 10.1. The standard InChI is InChI=1S/C15H20N2O4/c1-11-15(19)17(5-4-16-6-8-20-9-7-16)13-3-2-12(18)10-14(13)21-11/h2-3,10-11,18H,4-9H2,1H3. The number of hydrogen-bond acceptors (Lipinski definition) is 5. The van der Waals surface area contributed by atoms with E-state index in [1.54, 1.807) is 30.0 Å². The Labute approximate surface area is 123 Å². The number of hydrogen-bond donors (Lipinski definition) is 1. The third-order valence-electron chi connectivity index (χ3n) is 3.90. The number of aromatic hydroxyl groups is 1. The quantitative estimate of drug-likeness (QED) is 0.894. The Hall–Kier alpha value is -1.79. The molecule has 1 aromatic carbocycles. The van der Waals surface area contributed by atoms with Gasteiger partial charge in [-0.25, -0.2) is 0 Å². The largest absolute Gasteiger partial charge is 0.508 e. The Morgan fingerprint density at radius 1 is 1.29 bits per heavy atom. The smallest absolute Gasteiger partial charge is 0.267 e. The summed E-state index contributed by atoms with van der Waals surface area (Å²) in [6.07, 6.45) is -0.524. The molecule has 3 rings (SSSR count). The summed E-state index contributed by atoms with van der Waals surface area (Å²) >= 11 is 0. The topological polar surface area (TPSA) is 62.2 Å². The van der Waals surface area contributed by atoms with Crippen LogP contribution in [-0.2, 0) is 9.53 Å². The zero-order chi connectivity index (χ0) is 14.8. The third-order valence-corrected chi connectivity index (χ3v) is 3.90.